The molecule has 2 rings (SSSR count). The van der Waals surface area contributed by atoms with Crippen molar-refractivity contribution in [3.63, 3.8) is 0 Å². The van der Waals surface area contributed by atoms with E-state index in [1.165, 1.54) is 0 Å². The number of carbonyl (C=O) groups is 3. The molecule has 1 N–H and O–H groups in total. The summed E-state index contributed by atoms with van der Waals surface area (Å²) in [4.78, 5) is 35.6. The summed E-state index contributed by atoms with van der Waals surface area (Å²) in [7, 11) is 1.10. The molecule has 0 saturated heterocycles. The molecule has 0 spiro atoms. The third kappa shape index (κ3) is 3.93. The summed E-state index contributed by atoms with van der Waals surface area (Å²) >= 11 is 0. The number of rotatable bonds is 4. The van der Waals surface area contributed by atoms with Crippen LogP contribution in [-0.2, 0) is 14.3 Å². The van der Waals surface area contributed by atoms with Gasteiger partial charge in [-0.1, -0.05) is 0 Å². The molecule has 0 radical (unpaired) electrons. The molecule has 8 heteroatoms. The van der Waals surface area contributed by atoms with Gasteiger partial charge < -0.3 is 10.1 Å². The van der Waals surface area contributed by atoms with Gasteiger partial charge in [-0.15, -0.1) is 0 Å². The Bertz CT molecular complexity index is 654. The average molecular weight is 343 g/mol. The Kier molecular flexibility index (Phi) is 5.58. The van der Waals surface area contributed by atoms with E-state index in [0.29, 0.717) is 31.4 Å². The molecule has 130 valence electrons. The van der Waals surface area contributed by atoms with Gasteiger partial charge in [-0.3, -0.25) is 9.59 Å². The lowest BCUT2D eigenvalue weighted by Crippen LogP contribution is -2.48. The van der Waals surface area contributed by atoms with E-state index >= 15 is 0 Å². The van der Waals surface area contributed by atoms with Gasteiger partial charge in [-0.2, -0.15) is 0 Å². The van der Waals surface area contributed by atoms with Crippen LogP contribution in [0.1, 0.15) is 36.0 Å². The van der Waals surface area contributed by atoms with Crippen molar-refractivity contribution in [2.75, 3.05) is 7.11 Å². The van der Waals surface area contributed by atoms with E-state index in [1.807, 2.05) is 0 Å². The van der Waals surface area contributed by atoms with Crippen LogP contribution >= 0.6 is 0 Å². The van der Waals surface area contributed by atoms with Crippen LogP contribution in [0.4, 0.5) is 13.2 Å². The van der Waals surface area contributed by atoms with Crippen LogP contribution in [0.15, 0.2) is 12.1 Å². The first kappa shape index (κ1) is 18.0. The second kappa shape index (κ2) is 7.46. The Balaban J connectivity index is 2.25. The Morgan fingerprint density at radius 3 is 2.42 bits per heavy atom. The molecule has 5 nitrogen and oxygen atoms in total. The van der Waals surface area contributed by atoms with Crippen molar-refractivity contribution in [3.8, 4) is 0 Å². The molecule has 0 bridgehead atoms. The molecule has 1 aliphatic rings. The summed E-state index contributed by atoms with van der Waals surface area (Å²) in [6, 6.07) is -0.472. The fourth-order valence-corrected chi connectivity index (χ4v) is 2.81. The third-order valence-electron chi connectivity index (χ3n) is 3.97. The molecule has 1 saturated carbocycles. The predicted molar refractivity (Wildman–Crippen MR) is 76.6 cm³/mol. The number of hydrogen-bond donors (Lipinski definition) is 1. The number of amides is 1. The van der Waals surface area contributed by atoms with E-state index in [0.717, 1.165) is 7.11 Å². The third-order valence-corrected chi connectivity index (χ3v) is 3.97. The van der Waals surface area contributed by atoms with Crippen molar-refractivity contribution >= 4 is 17.7 Å². The van der Waals surface area contributed by atoms with E-state index in [-0.39, 0.29) is 12.2 Å². The summed E-state index contributed by atoms with van der Waals surface area (Å²) < 4.78 is 44.9. The highest BCUT2D eigenvalue weighted by atomic mass is 19.1. The maximum absolute atomic E-state index is 13.7. The lowest BCUT2D eigenvalue weighted by molar-refractivity contribution is -0.145. The van der Waals surface area contributed by atoms with Gasteiger partial charge >= 0.3 is 5.97 Å². The van der Waals surface area contributed by atoms with Crippen LogP contribution in [-0.4, -0.2) is 30.8 Å². The van der Waals surface area contributed by atoms with Gasteiger partial charge in [0.2, 0.25) is 0 Å². The van der Waals surface area contributed by atoms with E-state index < -0.39 is 46.9 Å². The van der Waals surface area contributed by atoms with E-state index in [2.05, 4.69) is 10.1 Å². The topological polar surface area (TPSA) is 72.5 Å². The van der Waals surface area contributed by atoms with Gasteiger partial charge in [0.1, 0.15) is 34.8 Å². The number of hydrogen-bond acceptors (Lipinski definition) is 4. The van der Waals surface area contributed by atoms with Crippen molar-refractivity contribution in [3.05, 3.63) is 35.1 Å². The minimum atomic E-state index is -1.38. The molecule has 0 aromatic heterocycles. The molecule has 0 heterocycles. The minimum Gasteiger partial charge on any atom is -0.467 e. The van der Waals surface area contributed by atoms with Crippen molar-refractivity contribution in [2.45, 2.75) is 31.7 Å². The Morgan fingerprint density at radius 2 is 1.88 bits per heavy atom. The first-order valence-corrected chi connectivity index (χ1v) is 7.38. The van der Waals surface area contributed by atoms with E-state index in [4.69, 9.17) is 0 Å². The maximum atomic E-state index is 13.7. The SMILES string of the molecule is COC(=O)[C@H](NC(=O)c1c(F)cc(F)cc1F)[C@H]1CCCC(=O)C1. The Morgan fingerprint density at radius 1 is 1.25 bits per heavy atom. The van der Waals surface area contributed by atoms with E-state index in [9.17, 15) is 27.6 Å². The van der Waals surface area contributed by atoms with Crippen LogP contribution < -0.4 is 5.32 Å². The van der Waals surface area contributed by atoms with Crippen molar-refractivity contribution in [2.24, 2.45) is 5.92 Å². The molecule has 1 fully saturated rings. The fraction of sp³-hybridized carbons (Fsp3) is 0.438. The number of halogens is 3. The van der Waals surface area contributed by atoms with Gasteiger partial charge in [0, 0.05) is 25.0 Å². The van der Waals surface area contributed by atoms with Gasteiger partial charge in [0.25, 0.3) is 5.91 Å². The monoisotopic (exact) mass is 343 g/mol. The summed E-state index contributed by atoms with van der Waals surface area (Å²) in [5.74, 6) is -6.53. The highest BCUT2D eigenvalue weighted by Crippen LogP contribution is 2.25. The minimum absolute atomic E-state index is 0.0615. The zero-order chi connectivity index (χ0) is 17.9. The first-order chi connectivity index (χ1) is 11.3. The number of esters is 1. The Hall–Kier alpha value is -2.38. The molecule has 1 aromatic rings. The number of Topliss-reactive ketones (excluding diaryl/α,β-unsaturated/α-hetero) is 1. The second-order valence-electron chi connectivity index (χ2n) is 5.61. The van der Waals surface area contributed by atoms with Gasteiger partial charge in [-0.25, -0.2) is 18.0 Å². The van der Waals surface area contributed by atoms with Gasteiger partial charge in [0.05, 0.1) is 7.11 Å². The van der Waals surface area contributed by atoms with Crippen LogP contribution in [0.3, 0.4) is 0 Å². The molecule has 24 heavy (non-hydrogen) atoms. The maximum Gasteiger partial charge on any atom is 0.328 e. The number of methoxy groups -OCH3 is 1. The number of benzene rings is 1. The Labute approximate surface area is 136 Å². The fourth-order valence-electron chi connectivity index (χ4n) is 2.81. The summed E-state index contributed by atoms with van der Waals surface area (Å²) in [6.07, 6.45) is 1.49. The van der Waals surface area contributed by atoms with Crippen LogP contribution in [0.2, 0.25) is 0 Å². The van der Waals surface area contributed by atoms with Gasteiger partial charge in [-0.05, 0) is 18.8 Å². The predicted octanol–water partition coefficient (Wildman–Crippen LogP) is 2.13. The largest absolute Gasteiger partial charge is 0.467 e. The summed E-state index contributed by atoms with van der Waals surface area (Å²) in [6.45, 7) is 0. The van der Waals surface area contributed by atoms with Gasteiger partial charge in [0.15, 0.2) is 0 Å². The molecule has 1 aliphatic carbocycles. The molecule has 0 aliphatic heterocycles. The molecule has 1 aromatic carbocycles. The number of carbonyl (C=O) groups excluding carboxylic acids is 3. The highest BCUT2D eigenvalue weighted by Gasteiger charge is 2.35. The van der Waals surface area contributed by atoms with Crippen LogP contribution in [0, 0.1) is 23.4 Å². The van der Waals surface area contributed by atoms with Crippen LogP contribution in [0.5, 0.6) is 0 Å². The number of ether oxygens (including phenoxy) is 1. The molecule has 0 unspecified atom stereocenters. The smallest absolute Gasteiger partial charge is 0.328 e. The van der Waals surface area contributed by atoms with Crippen LogP contribution in [0.25, 0.3) is 0 Å². The molecular weight excluding hydrogens is 327 g/mol. The molecule has 2 atom stereocenters. The second-order valence-corrected chi connectivity index (χ2v) is 5.61. The lowest BCUT2D eigenvalue weighted by atomic mass is 9.83. The molecule has 1 amide bonds. The van der Waals surface area contributed by atoms with Crippen molar-refractivity contribution < 1.29 is 32.3 Å². The standard InChI is InChI=1S/C16H16F3NO4/c1-24-16(23)14(8-3-2-4-10(21)5-8)20-15(22)13-11(18)6-9(17)7-12(13)19/h6-8,14H,2-5H2,1H3,(H,20,22)/t8-,14+/m0/s1. The van der Waals surface area contributed by atoms with Crippen molar-refractivity contribution in [1.82, 2.24) is 5.32 Å². The number of nitrogens with one attached hydrogen (secondary N) is 1. The van der Waals surface area contributed by atoms with Crippen molar-refractivity contribution in [1.29, 1.82) is 0 Å². The average Bonchev–Trinajstić information content (AvgIpc) is 2.50. The molecular formula is C16H16F3NO4. The summed E-state index contributed by atoms with van der Waals surface area (Å²) in [5, 5.41) is 2.21. The zero-order valence-corrected chi connectivity index (χ0v) is 12.9. The highest BCUT2D eigenvalue weighted by molar-refractivity contribution is 5.97. The quantitative estimate of drug-likeness (QED) is 0.850. The normalized spacial score (nSPS) is 18.8. The number of ketones is 1. The van der Waals surface area contributed by atoms with E-state index in [1.54, 1.807) is 0 Å². The summed E-state index contributed by atoms with van der Waals surface area (Å²) in [5.41, 5.74) is -0.993. The zero-order valence-electron chi connectivity index (χ0n) is 12.9. The lowest BCUT2D eigenvalue weighted by Gasteiger charge is -2.28. The first-order valence-electron chi connectivity index (χ1n) is 7.38.